The summed E-state index contributed by atoms with van der Waals surface area (Å²) < 4.78 is 5.07. The summed E-state index contributed by atoms with van der Waals surface area (Å²) in [7, 11) is 0. The second-order valence-electron chi connectivity index (χ2n) is 2.64. The van der Waals surface area contributed by atoms with Crippen LogP contribution in [0, 0.1) is 0 Å². The SMILES string of the molecule is O=Cc1c(Cl)nc(-c2ccco2)nc1Cl. The molecule has 0 fully saturated rings. The topological polar surface area (TPSA) is 56.0 Å². The van der Waals surface area contributed by atoms with Crippen LogP contribution in [-0.2, 0) is 0 Å². The lowest BCUT2D eigenvalue weighted by Gasteiger charge is -2.00. The molecule has 0 atom stereocenters. The van der Waals surface area contributed by atoms with Crippen LogP contribution in [-0.4, -0.2) is 16.3 Å². The number of halogens is 2. The van der Waals surface area contributed by atoms with Gasteiger partial charge in [0.15, 0.2) is 17.9 Å². The Morgan fingerprint density at radius 3 is 2.40 bits per heavy atom. The fraction of sp³-hybridized carbons (Fsp3) is 0. The zero-order valence-corrected chi connectivity index (χ0v) is 8.79. The van der Waals surface area contributed by atoms with Crippen LogP contribution >= 0.6 is 23.2 Å². The zero-order valence-electron chi connectivity index (χ0n) is 7.28. The molecule has 6 heteroatoms. The fourth-order valence-electron chi connectivity index (χ4n) is 1.03. The summed E-state index contributed by atoms with van der Waals surface area (Å²) in [5.41, 5.74) is 0.0774. The Labute approximate surface area is 94.9 Å². The van der Waals surface area contributed by atoms with Crippen molar-refractivity contribution in [3.8, 4) is 11.6 Å². The molecule has 0 saturated carbocycles. The van der Waals surface area contributed by atoms with Crippen LogP contribution in [0.5, 0.6) is 0 Å². The molecule has 0 unspecified atom stereocenters. The highest BCUT2D eigenvalue weighted by atomic mass is 35.5. The second-order valence-corrected chi connectivity index (χ2v) is 3.35. The van der Waals surface area contributed by atoms with E-state index in [9.17, 15) is 4.79 Å². The van der Waals surface area contributed by atoms with E-state index >= 15 is 0 Å². The van der Waals surface area contributed by atoms with Gasteiger partial charge in [-0.2, -0.15) is 0 Å². The van der Waals surface area contributed by atoms with Crippen LogP contribution in [0.15, 0.2) is 22.8 Å². The van der Waals surface area contributed by atoms with Crippen LogP contribution in [0.4, 0.5) is 0 Å². The largest absolute Gasteiger partial charge is 0.461 e. The van der Waals surface area contributed by atoms with Gasteiger partial charge < -0.3 is 4.42 Å². The molecule has 0 amide bonds. The molecule has 0 aliphatic carbocycles. The van der Waals surface area contributed by atoms with Crippen molar-refractivity contribution >= 4 is 29.5 Å². The molecule has 0 bridgehead atoms. The maximum atomic E-state index is 10.6. The third kappa shape index (κ3) is 1.86. The van der Waals surface area contributed by atoms with Crippen LogP contribution in [0.25, 0.3) is 11.6 Å². The predicted molar refractivity (Wildman–Crippen MR) is 55.1 cm³/mol. The molecule has 2 aromatic rings. The minimum absolute atomic E-state index is 0.0106. The van der Waals surface area contributed by atoms with Gasteiger partial charge in [-0.05, 0) is 12.1 Å². The monoisotopic (exact) mass is 242 g/mol. The van der Waals surface area contributed by atoms with Gasteiger partial charge in [0.2, 0.25) is 0 Å². The molecule has 0 spiro atoms. The van der Waals surface area contributed by atoms with Gasteiger partial charge in [-0.25, -0.2) is 9.97 Å². The van der Waals surface area contributed by atoms with E-state index in [0.717, 1.165) is 0 Å². The van der Waals surface area contributed by atoms with Crippen molar-refractivity contribution in [1.29, 1.82) is 0 Å². The molecule has 0 aliphatic rings. The average molecular weight is 243 g/mol. The van der Waals surface area contributed by atoms with Gasteiger partial charge in [0.05, 0.1) is 11.8 Å². The van der Waals surface area contributed by atoms with E-state index in [0.29, 0.717) is 12.0 Å². The number of furan rings is 1. The molecule has 0 saturated heterocycles. The van der Waals surface area contributed by atoms with E-state index in [1.54, 1.807) is 12.1 Å². The summed E-state index contributed by atoms with van der Waals surface area (Å²) in [6.45, 7) is 0. The highest BCUT2D eigenvalue weighted by molar-refractivity contribution is 6.37. The minimum atomic E-state index is 0.0106. The first kappa shape index (κ1) is 10.1. The first-order valence-corrected chi connectivity index (χ1v) is 4.70. The molecule has 0 aliphatic heterocycles. The highest BCUT2D eigenvalue weighted by Gasteiger charge is 2.13. The lowest BCUT2D eigenvalue weighted by molar-refractivity contribution is 0.112. The number of hydrogen-bond acceptors (Lipinski definition) is 4. The Morgan fingerprint density at radius 1 is 1.27 bits per heavy atom. The Bertz CT molecular complexity index is 474. The van der Waals surface area contributed by atoms with E-state index in [1.807, 2.05) is 0 Å². The number of carbonyl (C=O) groups is 1. The smallest absolute Gasteiger partial charge is 0.198 e. The summed E-state index contributed by atoms with van der Waals surface area (Å²) in [5, 5.41) is 0.0211. The van der Waals surface area contributed by atoms with Crippen molar-refractivity contribution in [2.24, 2.45) is 0 Å². The van der Waals surface area contributed by atoms with Gasteiger partial charge >= 0.3 is 0 Å². The number of aromatic nitrogens is 2. The maximum Gasteiger partial charge on any atom is 0.198 e. The molecule has 15 heavy (non-hydrogen) atoms. The number of carbonyl (C=O) groups excluding carboxylic acids is 1. The van der Waals surface area contributed by atoms with Gasteiger partial charge in [-0.3, -0.25) is 4.79 Å². The third-order valence-electron chi connectivity index (χ3n) is 1.71. The van der Waals surface area contributed by atoms with Gasteiger partial charge in [-0.15, -0.1) is 0 Å². The zero-order chi connectivity index (χ0) is 10.8. The molecule has 2 rings (SSSR count). The molecule has 76 valence electrons. The Hall–Kier alpha value is -1.39. The van der Waals surface area contributed by atoms with E-state index in [2.05, 4.69) is 9.97 Å². The highest BCUT2D eigenvalue weighted by Crippen LogP contribution is 2.24. The van der Waals surface area contributed by atoms with Crippen molar-refractivity contribution in [3.05, 3.63) is 34.3 Å². The quantitative estimate of drug-likeness (QED) is 0.601. The predicted octanol–water partition coefficient (Wildman–Crippen LogP) is 2.86. The van der Waals surface area contributed by atoms with E-state index in [1.165, 1.54) is 6.26 Å². The molecule has 0 radical (unpaired) electrons. The number of nitrogens with zero attached hydrogens (tertiary/aromatic N) is 2. The van der Waals surface area contributed by atoms with Crippen molar-refractivity contribution in [1.82, 2.24) is 9.97 Å². The molecular weight excluding hydrogens is 239 g/mol. The molecule has 4 nitrogen and oxygen atoms in total. The van der Waals surface area contributed by atoms with Crippen molar-refractivity contribution in [2.75, 3.05) is 0 Å². The second kappa shape index (κ2) is 4.00. The Morgan fingerprint density at radius 2 is 1.93 bits per heavy atom. The lowest BCUT2D eigenvalue weighted by atomic mass is 10.3. The molecule has 0 N–H and O–H groups in total. The van der Waals surface area contributed by atoms with Crippen molar-refractivity contribution in [2.45, 2.75) is 0 Å². The van der Waals surface area contributed by atoms with Crippen LogP contribution < -0.4 is 0 Å². The summed E-state index contributed by atoms with van der Waals surface area (Å²) in [5.74, 6) is 0.692. The molecule has 2 heterocycles. The maximum absolute atomic E-state index is 10.6. The Balaban J connectivity index is 2.58. The van der Waals surface area contributed by atoms with E-state index < -0.39 is 0 Å². The first-order valence-electron chi connectivity index (χ1n) is 3.94. The number of rotatable bonds is 2. The van der Waals surface area contributed by atoms with Crippen LogP contribution in [0.1, 0.15) is 10.4 Å². The molecule has 0 aromatic carbocycles. The number of hydrogen-bond donors (Lipinski definition) is 0. The number of aldehydes is 1. The lowest BCUT2D eigenvalue weighted by Crippen LogP contribution is -1.95. The van der Waals surface area contributed by atoms with Crippen LogP contribution in [0.2, 0.25) is 10.3 Å². The normalized spacial score (nSPS) is 10.3. The molecule has 2 aromatic heterocycles. The summed E-state index contributed by atoms with van der Waals surface area (Å²) in [4.78, 5) is 18.4. The fourth-order valence-corrected chi connectivity index (χ4v) is 1.51. The standard InChI is InChI=1S/C9H4Cl2N2O2/c10-7-5(4-14)8(11)13-9(12-7)6-2-1-3-15-6/h1-4H. The van der Waals surface area contributed by atoms with E-state index in [-0.39, 0.29) is 21.7 Å². The summed E-state index contributed by atoms with van der Waals surface area (Å²) in [6.07, 6.45) is 1.99. The summed E-state index contributed by atoms with van der Waals surface area (Å²) in [6, 6.07) is 3.36. The summed E-state index contributed by atoms with van der Waals surface area (Å²) >= 11 is 11.5. The van der Waals surface area contributed by atoms with Gasteiger partial charge in [-0.1, -0.05) is 23.2 Å². The van der Waals surface area contributed by atoms with Crippen molar-refractivity contribution < 1.29 is 9.21 Å². The van der Waals surface area contributed by atoms with Crippen LogP contribution in [0.3, 0.4) is 0 Å². The first-order chi connectivity index (χ1) is 7.22. The third-order valence-corrected chi connectivity index (χ3v) is 2.29. The average Bonchev–Trinajstić information content (AvgIpc) is 2.69. The Kier molecular flexibility index (Phi) is 2.70. The van der Waals surface area contributed by atoms with Crippen molar-refractivity contribution in [3.63, 3.8) is 0 Å². The van der Waals surface area contributed by atoms with Gasteiger partial charge in [0.1, 0.15) is 10.3 Å². The van der Waals surface area contributed by atoms with Gasteiger partial charge in [0, 0.05) is 0 Å². The van der Waals surface area contributed by atoms with Gasteiger partial charge in [0.25, 0.3) is 0 Å². The minimum Gasteiger partial charge on any atom is -0.461 e. The van der Waals surface area contributed by atoms with E-state index in [4.69, 9.17) is 27.6 Å². The molecular formula is C9H4Cl2N2O2.